The number of amides is 2. The van der Waals surface area contributed by atoms with Crippen molar-refractivity contribution in [1.82, 2.24) is 5.32 Å². The Morgan fingerprint density at radius 2 is 0.837 bits per heavy atom. The molecule has 2 amide bonds. The quantitative estimate of drug-likeness (QED) is 0.0548. The topological polar surface area (TPSA) is 80.3 Å². The van der Waals surface area contributed by atoms with Gasteiger partial charge in [-0.05, 0) is 37.0 Å². The maximum absolute atomic E-state index is 12.9. The molecule has 6 heteroatoms. The van der Waals surface area contributed by atoms with Crippen molar-refractivity contribution in [3.05, 3.63) is 32.9 Å². The van der Waals surface area contributed by atoms with Gasteiger partial charge in [0.15, 0.2) is 0 Å². The minimum atomic E-state index is -3.87. The van der Waals surface area contributed by atoms with Gasteiger partial charge >= 0.3 is 19.8 Å². The Bertz CT molecular complexity index is 1010. The molecule has 284 valence electrons. The highest BCUT2D eigenvalue weighted by Crippen LogP contribution is 2.24. The maximum atomic E-state index is 12.9. The van der Waals surface area contributed by atoms with Crippen molar-refractivity contribution in [2.75, 3.05) is 0 Å². The normalized spacial score (nSPS) is 11.4. The van der Waals surface area contributed by atoms with Gasteiger partial charge in [0.1, 0.15) is 0 Å². The Balaban J connectivity index is 2.15. The van der Waals surface area contributed by atoms with Gasteiger partial charge in [0.25, 0.3) is 5.91 Å². The lowest BCUT2D eigenvalue weighted by molar-refractivity contribution is -0.120. The van der Waals surface area contributed by atoms with E-state index in [1.807, 2.05) is 6.07 Å². The van der Waals surface area contributed by atoms with E-state index in [4.69, 9.17) is 0 Å². The molecule has 0 aliphatic carbocycles. The van der Waals surface area contributed by atoms with Crippen LogP contribution >= 0.6 is 19.8 Å². The second kappa shape index (κ2) is 33.8. The average molecular weight is 798 g/mol. The zero-order chi connectivity index (χ0) is 35.6. The van der Waals surface area contributed by atoms with Gasteiger partial charge < -0.3 is 0 Å². The molecule has 0 unspecified atom stereocenters. The Morgan fingerprint density at radius 1 is 0.490 bits per heavy atom. The molecule has 0 saturated heterocycles. The molecular formula is C43H76INO4. The number of imide groups is 1. The summed E-state index contributed by atoms with van der Waals surface area (Å²) in [6.45, 7) is 4.54. The van der Waals surface area contributed by atoms with Crippen LogP contribution in [0.3, 0.4) is 0 Å². The number of nitrogens with one attached hydrogen (secondary N) is 1. The molecule has 0 aliphatic rings. The van der Waals surface area contributed by atoms with E-state index < -0.39 is 25.7 Å². The molecule has 0 aliphatic heterocycles. The van der Waals surface area contributed by atoms with Crippen molar-refractivity contribution in [2.24, 2.45) is 0 Å². The molecule has 0 saturated carbocycles. The summed E-state index contributed by atoms with van der Waals surface area (Å²) in [6, 6.07) is 5.08. The minimum absolute atomic E-state index is 0.0807. The SMILES string of the molecule is CCCCCCCCCCCCCCCCCCc1ccc(I(=O)=O)c(C(=O)NC(=O)CCCCCCCCCCCCCCCCC)c1. The predicted molar refractivity (Wildman–Crippen MR) is 216 cm³/mol. The van der Waals surface area contributed by atoms with Gasteiger partial charge in [-0.1, -0.05) is 206 Å². The average Bonchev–Trinajstić information content (AvgIpc) is 3.09. The van der Waals surface area contributed by atoms with Crippen molar-refractivity contribution in [2.45, 2.75) is 226 Å². The van der Waals surface area contributed by atoms with Crippen molar-refractivity contribution >= 4 is 31.6 Å². The second-order valence-corrected chi connectivity index (χ2v) is 17.1. The van der Waals surface area contributed by atoms with Crippen LogP contribution in [0.4, 0.5) is 0 Å². The Kier molecular flexibility index (Phi) is 31.5. The van der Waals surface area contributed by atoms with E-state index in [-0.39, 0.29) is 15.0 Å². The van der Waals surface area contributed by atoms with Crippen LogP contribution in [-0.4, -0.2) is 11.8 Å². The first kappa shape index (κ1) is 45.7. The lowest BCUT2D eigenvalue weighted by Gasteiger charge is -2.09. The molecule has 1 aromatic rings. The van der Waals surface area contributed by atoms with E-state index in [9.17, 15) is 15.7 Å². The van der Waals surface area contributed by atoms with Crippen LogP contribution in [0, 0.1) is 3.57 Å². The number of aryl methyl sites for hydroxylation is 1. The molecule has 0 spiro atoms. The zero-order valence-corrected chi connectivity index (χ0v) is 34.2. The van der Waals surface area contributed by atoms with Gasteiger partial charge in [-0.3, -0.25) is 14.9 Å². The lowest BCUT2D eigenvalue weighted by atomic mass is 10.0. The molecule has 1 rings (SSSR count). The maximum Gasteiger partial charge on any atom is 0.341 e. The molecule has 1 aromatic carbocycles. The summed E-state index contributed by atoms with van der Waals surface area (Å²) in [5.74, 6) is -0.894. The zero-order valence-electron chi connectivity index (χ0n) is 32.1. The van der Waals surface area contributed by atoms with Crippen LogP contribution in [0.1, 0.15) is 235 Å². The fraction of sp³-hybridized carbons (Fsp3) is 0.814. The first-order chi connectivity index (χ1) is 24.0. The van der Waals surface area contributed by atoms with Crippen LogP contribution in [-0.2, 0) is 17.4 Å². The highest BCUT2D eigenvalue weighted by Gasteiger charge is 2.18. The van der Waals surface area contributed by atoms with E-state index in [0.29, 0.717) is 6.42 Å². The standard InChI is InChI=1S/C43H76INO4/c1-3-5-7-9-11-13-15-17-19-21-22-24-26-28-30-32-34-39-36-37-41(44(48)49)40(38-39)43(47)45-42(46)35-33-31-29-27-25-23-20-18-16-14-12-10-8-6-4-2/h36-38H,3-35H2,1-2H3,(H,45,46,47). The summed E-state index contributed by atoms with van der Waals surface area (Å²) < 4.78 is 23.9. The number of halogens is 1. The van der Waals surface area contributed by atoms with E-state index in [1.165, 1.54) is 167 Å². The molecule has 0 bridgehead atoms. The van der Waals surface area contributed by atoms with Gasteiger partial charge in [-0.15, -0.1) is 0 Å². The van der Waals surface area contributed by atoms with Crippen molar-refractivity contribution in [1.29, 1.82) is 0 Å². The molecule has 49 heavy (non-hydrogen) atoms. The third-order valence-corrected chi connectivity index (χ3v) is 11.9. The van der Waals surface area contributed by atoms with Crippen molar-refractivity contribution < 1.29 is 15.7 Å². The third-order valence-electron chi connectivity index (χ3n) is 10.0. The van der Waals surface area contributed by atoms with Gasteiger partial charge in [0, 0.05) is 6.42 Å². The molecule has 5 nitrogen and oxygen atoms in total. The first-order valence-electron chi connectivity index (χ1n) is 21.0. The summed E-state index contributed by atoms with van der Waals surface area (Å²) in [4.78, 5) is 25.4. The minimum Gasteiger partial charge on any atom is -0.292 e. The number of carbonyl (C=O) groups is 2. The summed E-state index contributed by atoms with van der Waals surface area (Å²) in [6.07, 6.45) is 41.3. The smallest absolute Gasteiger partial charge is 0.292 e. The van der Waals surface area contributed by atoms with Gasteiger partial charge in [0.2, 0.25) is 5.91 Å². The number of hydrogen-bond donors (Lipinski definition) is 1. The number of carbonyl (C=O) groups excluding carboxylic acids is 2. The van der Waals surface area contributed by atoms with Gasteiger partial charge in [-0.25, -0.2) is 6.14 Å². The van der Waals surface area contributed by atoms with Crippen LogP contribution in [0.15, 0.2) is 18.2 Å². The van der Waals surface area contributed by atoms with E-state index in [1.54, 1.807) is 12.1 Å². The van der Waals surface area contributed by atoms with Gasteiger partial charge in [-0.2, -0.15) is 0 Å². The molecule has 0 radical (unpaired) electrons. The summed E-state index contributed by atoms with van der Waals surface area (Å²) in [5.41, 5.74) is 1.10. The Labute approximate surface area is 309 Å². The molecular weight excluding hydrogens is 721 g/mol. The molecule has 0 heterocycles. The highest BCUT2D eigenvalue weighted by atomic mass is 127. The highest BCUT2D eigenvalue weighted by molar-refractivity contribution is 14.2. The molecule has 0 atom stereocenters. The van der Waals surface area contributed by atoms with E-state index in [0.717, 1.165) is 44.1 Å². The number of rotatable bonds is 35. The number of unbranched alkanes of at least 4 members (excludes halogenated alkanes) is 29. The predicted octanol–water partition coefficient (Wildman–Crippen LogP) is 14.4. The van der Waals surface area contributed by atoms with E-state index in [2.05, 4.69) is 19.2 Å². The lowest BCUT2D eigenvalue weighted by Crippen LogP contribution is -2.31. The number of hydrogen-bond acceptors (Lipinski definition) is 4. The Hall–Kier alpha value is -1.31. The summed E-state index contributed by atoms with van der Waals surface area (Å²) >= 11 is -3.87. The number of benzene rings is 1. The van der Waals surface area contributed by atoms with Crippen LogP contribution in [0.5, 0.6) is 0 Å². The second-order valence-electron chi connectivity index (χ2n) is 14.7. The first-order valence-corrected chi connectivity index (χ1v) is 23.9. The molecule has 0 aromatic heterocycles. The summed E-state index contributed by atoms with van der Waals surface area (Å²) in [7, 11) is 0. The monoisotopic (exact) mass is 797 g/mol. The van der Waals surface area contributed by atoms with Crippen LogP contribution in [0.25, 0.3) is 0 Å². The molecule has 1 N–H and O–H groups in total. The molecule has 0 fully saturated rings. The van der Waals surface area contributed by atoms with Crippen LogP contribution < -0.4 is 5.32 Å². The van der Waals surface area contributed by atoms with E-state index >= 15 is 0 Å². The third kappa shape index (κ3) is 27.1. The van der Waals surface area contributed by atoms with Crippen molar-refractivity contribution in [3.8, 4) is 0 Å². The van der Waals surface area contributed by atoms with Crippen LogP contribution in [0.2, 0.25) is 0 Å². The van der Waals surface area contributed by atoms with Gasteiger partial charge in [0.05, 0.1) is 9.13 Å². The fourth-order valence-corrected chi connectivity index (χ4v) is 8.18. The fourth-order valence-electron chi connectivity index (χ4n) is 6.83. The largest absolute Gasteiger partial charge is 0.341 e. The Morgan fingerprint density at radius 3 is 1.20 bits per heavy atom. The summed E-state index contributed by atoms with van der Waals surface area (Å²) in [5, 5.41) is 2.46. The van der Waals surface area contributed by atoms with Crippen molar-refractivity contribution in [3.63, 3.8) is 0 Å².